The van der Waals surface area contributed by atoms with Crippen LogP contribution in [-0.4, -0.2) is 65.6 Å². The number of anilines is 1. The van der Waals surface area contributed by atoms with Gasteiger partial charge in [-0.2, -0.15) is 5.10 Å². The van der Waals surface area contributed by atoms with Gasteiger partial charge in [-0.05, 0) is 49.7 Å². The molecule has 1 atom stereocenters. The fourth-order valence-corrected chi connectivity index (χ4v) is 4.81. The Hall–Kier alpha value is -3.37. The highest BCUT2D eigenvalue weighted by Crippen LogP contribution is 2.36. The highest BCUT2D eigenvalue weighted by atomic mass is 32.2. The molecule has 0 aromatic carbocycles. The van der Waals surface area contributed by atoms with Crippen LogP contribution in [0.4, 0.5) is 5.82 Å². The minimum Gasteiger partial charge on any atom is -0.377 e. The van der Waals surface area contributed by atoms with Gasteiger partial charge >= 0.3 is 0 Å². The summed E-state index contributed by atoms with van der Waals surface area (Å²) in [5.74, 6) is 0.814. The summed E-state index contributed by atoms with van der Waals surface area (Å²) in [5, 5.41) is 8.01. The summed E-state index contributed by atoms with van der Waals surface area (Å²) in [6.45, 7) is 5.91. The van der Waals surface area contributed by atoms with Gasteiger partial charge in [-0.15, -0.1) is 0 Å². The predicted octanol–water partition coefficient (Wildman–Crippen LogP) is 3.02. The molecule has 170 valence electrons. The van der Waals surface area contributed by atoms with Crippen LogP contribution in [0.2, 0.25) is 0 Å². The van der Waals surface area contributed by atoms with Crippen LogP contribution < -0.4 is 4.90 Å². The fraction of sp³-hybridized carbons (Fsp3) is 0.304. The van der Waals surface area contributed by atoms with Gasteiger partial charge in [-0.1, -0.05) is 0 Å². The van der Waals surface area contributed by atoms with E-state index in [-0.39, 0.29) is 11.1 Å². The van der Waals surface area contributed by atoms with E-state index in [2.05, 4.69) is 32.0 Å². The number of hydrogen-bond donors (Lipinski definition) is 1. The summed E-state index contributed by atoms with van der Waals surface area (Å²) >= 11 is 0. The average molecular weight is 465 g/mol. The first-order valence-electron chi connectivity index (χ1n) is 10.6. The van der Waals surface area contributed by atoms with Crippen molar-refractivity contribution in [2.75, 3.05) is 30.9 Å². The Bertz CT molecular complexity index is 1440. The zero-order chi connectivity index (χ0) is 23.2. The van der Waals surface area contributed by atoms with Gasteiger partial charge in [0.1, 0.15) is 17.0 Å². The summed E-state index contributed by atoms with van der Waals surface area (Å²) < 4.78 is 29.6. The maximum Gasteiger partial charge on any atom is 0.192 e. The minimum absolute atomic E-state index is 0.0592. The number of nitrogens with one attached hydrogen (secondary N) is 1. The summed E-state index contributed by atoms with van der Waals surface area (Å²) in [7, 11) is -3.40. The second-order valence-electron chi connectivity index (χ2n) is 8.23. The lowest BCUT2D eigenvalue weighted by Gasteiger charge is -2.34. The smallest absolute Gasteiger partial charge is 0.192 e. The van der Waals surface area contributed by atoms with Crippen molar-refractivity contribution in [2.45, 2.75) is 24.9 Å². The van der Waals surface area contributed by atoms with Crippen molar-refractivity contribution in [1.82, 2.24) is 25.1 Å². The lowest BCUT2D eigenvalue weighted by Crippen LogP contribution is -2.44. The second-order valence-corrected chi connectivity index (χ2v) is 10.2. The standard InChI is InChI=1S/C23H24N6O3S/c1-14-13-32-11-10-29(14)20-12-18(16-4-5-21(26-15(16)2)33(3,30)31)17-6-8-24-23(22(17)27-20)19-7-9-25-28-19/h4-9,12,14H,10-11,13H2,1-3H3,(H,25,28)/t14-/m1/s1. The summed E-state index contributed by atoms with van der Waals surface area (Å²) in [5.41, 5.74) is 4.60. The van der Waals surface area contributed by atoms with E-state index in [1.54, 1.807) is 18.5 Å². The number of aryl methyl sites for hydroxylation is 1. The summed E-state index contributed by atoms with van der Waals surface area (Å²) in [6, 6.07) is 9.37. The summed E-state index contributed by atoms with van der Waals surface area (Å²) in [4.78, 5) is 16.2. The normalized spacial score (nSPS) is 16.9. The third-order valence-electron chi connectivity index (χ3n) is 5.86. The maximum absolute atomic E-state index is 12.0. The minimum atomic E-state index is -3.40. The zero-order valence-electron chi connectivity index (χ0n) is 18.6. The van der Waals surface area contributed by atoms with Crippen molar-refractivity contribution in [3.05, 3.63) is 48.4 Å². The zero-order valence-corrected chi connectivity index (χ0v) is 19.4. The molecule has 1 aliphatic heterocycles. The van der Waals surface area contributed by atoms with Gasteiger partial charge in [0, 0.05) is 41.8 Å². The van der Waals surface area contributed by atoms with Gasteiger partial charge in [-0.3, -0.25) is 10.1 Å². The number of aromatic amines is 1. The van der Waals surface area contributed by atoms with Crippen LogP contribution in [-0.2, 0) is 14.6 Å². The van der Waals surface area contributed by atoms with E-state index in [0.29, 0.717) is 24.6 Å². The molecular formula is C23H24N6O3S. The highest BCUT2D eigenvalue weighted by Gasteiger charge is 2.24. The first-order chi connectivity index (χ1) is 15.8. The van der Waals surface area contributed by atoms with Crippen LogP contribution in [0.25, 0.3) is 33.4 Å². The van der Waals surface area contributed by atoms with E-state index in [0.717, 1.165) is 46.3 Å². The van der Waals surface area contributed by atoms with E-state index >= 15 is 0 Å². The molecule has 1 aliphatic rings. The molecule has 9 nitrogen and oxygen atoms in total. The third-order valence-corrected chi connectivity index (χ3v) is 6.85. The first-order valence-corrected chi connectivity index (χ1v) is 12.5. The largest absolute Gasteiger partial charge is 0.377 e. The summed E-state index contributed by atoms with van der Waals surface area (Å²) in [6.07, 6.45) is 4.59. The van der Waals surface area contributed by atoms with Gasteiger partial charge < -0.3 is 9.64 Å². The molecule has 0 amide bonds. The van der Waals surface area contributed by atoms with Crippen molar-refractivity contribution >= 4 is 26.6 Å². The maximum atomic E-state index is 12.0. The highest BCUT2D eigenvalue weighted by molar-refractivity contribution is 7.90. The molecule has 1 N–H and O–H groups in total. The van der Waals surface area contributed by atoms with Crippen molar-refractivity contribution < 1.29 is 13.2 Å². The third kappa shape index (κ3) is 3.96. The number of H-pyrrole nitrogens is 1. The van der Waals surface area contributed by atoms with Crippen LogP contribution in [0.1, 0.15) is 12.6 Å². The SMILES string of the molecule is Cc1nc(S(C)(=O)=O)ccc1-c1cc(N2CCOC[C@H]2C)nc2c(-c3ccn[nH]3)nccc12. The topological polar surface area (TPSA) is 114 Å². The van der Waals surface area contributed by atoms with Crippen molar-refractivity contribution in [1.29, 1.82) is 0 Å². The molecule has 0 bridgehead atoms. The van der Waals surface area contributed by atoms with Crippen molar-refractivity contribution in [3.8, 4) is 22.5 Å². The van der Waals surface area contributed by atoms with Crippen LogP contribution in [0.5, 0.6) is 0 Å². The predicted molar refractivity (Wildman–Crippen MR) is 126 cm³/mol. The number of hydrogen-bond acceptors (Lipinski definition) is 8. The number of ether oxygens (including phenoxy) is 1. The Morgan fingerprint density at radius 1 is 1.12 bits per heavy atom. The molecule has 0 spiro atoms. The van der Waals surface area contributed by atoms with Gasteiger partial charge in [0.05, 0.1) is 24.9 Å². The number of pyridine rings is 3. The molecule has 5 rings (SSSR count). The number of nitrogens with zero attached hydrogens (tertiary/aromatic N) is 5. The second kappa shape index (κ2) is 8.20. The van der Waals surface area contributed by atoms with Crippen LogP contribution in [0.15, 0.2) is 47.8 Å². The monoisotopic (exact) mass is 464 g/mol. The number of rotatable bonds is 4. The Kier molecular flexibility index (Phi) is 5.34. The van der Waals surface area contributed by atoms with Gasteiger partial charge in [-0.25, -0.2) is 18.4 Å². The van der Waals surface area contributed by atoms with Gasteiger partial charge in [0.25, 0.3) is 0 Å². The molecule has 10 heteroatoms. The molecule has 0 unspecified atom stereocenters. The fourth-order valence-electron chi connectivity index (χ4n) is 4.19. The van der Waals surface area contributed by atoms with Crippen LogP contribution in [0.3, 0.4) is 0 Å². The van der Waals surface area contributed by atoms with E-state index in [1.807, 2.05) is 31.2 Å². The number of sulfone groups is 1. The quantitative estimate of drug-likeness (QED) is 0.490. The first kappa shape index (κ1) is 21.5. The van der Waals surface area contributed by atoms with E-state index < -0.39 is 9.84 Å². The van der Waals surface area contributed by atoms with Gasteiger partial charge in [0.2, 0.25) is 0 Å². The van der Waals surface area contributed by atoms with E-state index in [1.165, 1.54) is 0 Å². The van der Waals surface area contributed by atoms with E-state index in [4.69, 9.17) is 9.72 Å². The molecule has 1 saturated heterocycles. The Morgan fingerprint density at radius 2 is 1.97 bits per heavy atom. The Balaban J connectivity index is 1.78. The lowest BCUT2D eigenvalue weighted by molar-refractivity contribution is 0.0986. The molecule has 0 aliphatic carbocycles. The van der Waals surface area contributed by atoms with Crippen LogP contribution >= 0.6 is 0 Å². The van der Waals surface area contributed by atoms with Crippen LogP contribution in [0, 0.1) is 6.92 Å². The van der Waals surface area contributed by atoms with Gasteiger partial charge in [0.15, 0.2) is 14.9 Å². The molecule has 0 saturated carbocycles. The average Bonchev–Trinajstić information content (AvgIpc) is 3.32. The molecular weight excluding hydrogens is 440 g/mol. The molecule has 4 aromatic rings. The number of fused-ring (bicyclic) bond motifs is 1. The molecule has 5 heterocycles. The van der Waals surface area contributed by atoms with Crippen molar-refractivity contribution in [2.24, 2.45) is 0 Å². The Morgan fingerprint density at radius 3 is 2.67 bits per heavy atom. The molecule has 0 radical (unpaired) electrons. The number of morpholine rings is 1. The van der Waals surface area contributed by atoms with Crippen molar-refractivity contribution in [3.63, 3.8) is 0 Å². The Labute approximate surface area is 191 Å². The lowest BCUT2D eigenvalue weighted by atomic mass is 9.99. The molecule has 1 fully saturated rings. The van der Waals surface area contributed by atoms with E-state index in [9.17, 15) is 8.42 Å². The molecule has 33 heavy (non-hydrogen) atoms. The number of aromatic nitrogens is 5. The molecule has 4 aromatic heterocycles.